The van der Waals surface area contributed by atoms with Crippen molar-refractivity contribution in [2.45, 2.75) is 18.6 Å². The summed E-state index contributed by atoms with van der Waals surface area (Å²) < 4.78 is 1.61. The van der Waals surface area contributed by atoms with Gasteiger partial charge in [0.2, 0.25) is 5.91 Å². The highest BCUT2D eigenvalue weighted by atomic mass is 35.5. The molecule has 0 atom stereocenters. The number of aryl methyl sites for hydroxylation is 1. The second kappa shape index (κ2) is 9.32. The van der Waals surface area contributed by atoms with Crippen molar-refractivity contribution < 1.29 is 4.79 Å². The van der Waals surface area contributed by atoms with E-state index in [1.54, 1.807) is 35.0 Å². The molecular formula is C23H19ClN4O2S. The lowest BCUT2D eigenvalue weighted by molar-refractivity contribution is -0.113. The number of halogens is 1. The summed E-state index contributed by atoms with van der Waals surface area (Å²) in [5.74, 6) is -0.187. The molecule has 0 aliphatic rings. The molecule has 2 heterocycles. The minimum absolute atomic E-state index is 0.0733. The topological polar surface area (TPSA) is 76.9 Å². The molecule has 0 aliphatic carbocycles. The van der Waals surface area contributed by atoms with Crippen molar-refractivity contribution in [3.05, 3.63) is 93.5 Å². The summed E-state index contributed by atoms with van der Waals surface area (Å²) in [5.41, 5.74) is 3.04. The van der Waals surface area contributed by atoms with Crippen molar-refractivity contribution in [2.75, 3.05) is 11.1 Å². The van der Waals surface area contributed by atoms with E-state index in [0.29, 0.717) is 28.3 Å². The fourth-order valence-electron chi connectivity index (χ4n) is 3.07. The van der Waals surface area contributed by atoms with Crippen LogP contribution in [0.25, 0.3) is 10.9 Å². The molecule has 8 heteroatoms. The van der Waals surface area contributed by atoms with E-state index in [1.165, 1.54) is 11.8 Å². The van der Waals surface area contributed by atoms with Gasteiger partial charge in [-0.05, 0) is 36.8 Å². The van der Waals surface area contributed by atoms with Crippen LogP contribution in [0, 0.1) is 6.92 Å². The first-order valence-corrected chi connectivity index (χ1v) is 11.0. The Balaban J connectivity index is 1.62. The zero-order chi connectivity index (χ0) is 21.8. The normalized spacial score (nSPS) is 10.9. The third kappa shape index (κ3) is 4.95. The van der Waals surface area contributed by atoms with Gasteiger partial charge in [0.1, 0.15) is 0 Å². The number of rotatable bonds is 6. The van der Waals surface area contributed by atoms with E-state index in [-0.39, 0.29) is 22.4 Å². The van der Waals surface area contributed by atoms with Gasteiger partial charge in [-0.1, -0.05) is 65.3 Å². The van der Waals surface area contributed by atoms with E-state index in [0.717, 1.165) is 11.1 Å². The summed E-state index contributed by atoms with van der Waals surface area (Å²) in [6.07, 6.45) is 1.55. The summed E-state index contributed by atoms with van der Waals surface area (Å²) >= 11 is 7.22. The van der Waals surface area contributed by atoms with Gasteiger partial charge in [-0.3, -0.25) is 14.2 Å². The van der Waals surface area contributed by atoms with Gasteiger partial charge in [-0.25, -0.2) is 9.97 Å². The molecule has 2 aromatic heterocycles. The number of carbonyl (C=O) groups is 1. The Hall–Kier alpha value is -3.16. The molecule has 0 aliphatic heterocycles. The van der Waals surface area contributed by atoms with Crippen molar-refractivity contribution in [3.8, 4) is 0 Å². The average molecular weight is 451 g/mol. The number of para-hydroxylation sites is 1. The van der Waals surface area contributed by atoms with E-state index >= 15 is 0 Å². The minimum atomic E-state index is -0.260. The van der Waals surface area contributed by atoms with Gasteiger partial charge in [0.25, 0.3) is 5.56 Å². The van der Waals surface area contributed by atoms with Crippen LogP contribution in [0.15, 0.2) is 76.8 Å². The molecule has 0 saturated heterocycles. The lowest BCUT2D eigenvalue weighted by Gasteiger charge is -2.13. The molecule has 1 N–H and O–H groups in total. The van der Waals surface area contributed by atoms with E-state index < -0.39 is 0 Å². The third-order valence-electron chi connectivity index (χ3n) is 4.65. The zero-order valence-electron chi connectivity index (χ0n) is 16.7. The number of pyridine rings is 1. The molecule has 0 saturated carbocycles. The smallest absolute Gasteiger partial charge is 0.262 e. The van der Waals surface area contributed by atoms with Crippen LogP contribution in [-0.4, -0.2) is 26.2 Å². The number of nitrogens with one attached hydrogen (secondary N) is 1. The zero-order valence-corrected chi connectivity index (χ0v) is 18.3. The largest absolute Gasteiger partial charge is 0.323 e. The molecule has 156 valence electrons. The summed E-state index contributed by atoms with van der Waals surface area (Å²) in [5, 5.41) is 3.99. The Morgan fingerprint density at radius 1 is 1.10 bits per heavy atom. The van der Waals surface area contributed by atoms with Crippen LogP contribution >= 0.6 is 23.4 Å². The summed E-state index contributed by atoms with van der Waals surface area (Å²) in [6.45, 7) is 2.39. The predicted molar refractivity (Wildman–Crippen MR) is 125 cm³/mol. The Kier molecular flexibility index (Phi) is 6.34. The maximum Gasteiger partial charge on any atom is 0.262 e. The highest BCUT2D eigenvalue weighted by molar-refractivity contribution is 7.99. The molecule has 6 nitrogen and oxygen atoms in total. The monoisotopic (exact) mass is 450 g/mol. The number of thioether (sulfide) groups is 1. The number of anilines is 1. The maximum atomic E-state index is 13.2. The van der Waals surface area contributed by atoms with Gasteiger partial charge in [-0.2, -0.15) is 0 Å². The van der Waals surface area contributed by atoms with Crippen molar-refractivity contribution in [2.24, 2.45) is 0 Å². The molecule has 0 unspecified atom stereocenters. The number of fused-ring (bicyclic) bond motifs is 1. The van der Waals surface area contributed by atoms with Crippen LogP contribution < -0.4 is 10.9 Å². The molecule has 1 amide bonds. The summed E-state index contributed by atoms with van der Waals surface area (Å²) in [4.78, 5) is 34.2. The van der Waals surface area contributed by atoms with Crippen molar-refractivity contribution in [1.82, 2.24) is 14.5 Å². The number of aromatic nitrogens is 3. The van der Waals surface area contributed by atoms with E-state index in [2.05, 4.69) is 15.3 Å². The first kappa shape index (κ1) is 21.1. The highest BCUT2D eigenvalue weighted by Gasteiger charge is 2.14. The lowest BCUT2D eigenvalue weighted by atomic mass is 10.1. The van der Waals surface area contributed by atoms with Gasteiger partial charge in [0, 0.05) is 6.20 Å². The Labute approximate surface area is 188 Å². The fourth-order valence-corrected chi connectivity index (χ4v) is 4.03. The number of nitrogens with zero attached hydrogens (tertiary/aromatic N) is 3. The van der Waals surface area contributed by atoms with Gasteiger partial charge < -0.3 is 5.32 Å². The van der Waals surface area contributed by atoms with E-state index in [1.807, 2.05) is 43.3 Å². The van der Waals surface area contributed by atoms with Gasteiger partial charge in [-0.15, -0.1) is 0 Å². The van der Waals surface area contributed by atoms with E-state index in [9.17, 15) is 9.59 Å². The first-order valence-electron chi connectivity index (χ1n) is 9.59. The van der Waals surface area contributed by atoms with Crippen LogP contribution in [-0.2, 0) is 11.3 Å². The number of benzene rings is 2. The van der Waals surface area contributed by atoms with Crippen molar-refractivity contribution in [3.63, 3.8) is 0 Å². The molecule has 2 aromatic carbocycles. The van der Waals surface area contributed by atoms with Gasteiger partial charge in [0.05, 0.1) is 28.9 Å². The summed E-state index contributed by atoms with van der Waals surface area (Å²) in [7, 11) is 0. The predicted octanol–water partition coefficient (Wildman–Crippen LogP) is 4.53. The fraction of sp³-hybridized carbons (Fsp3) is 0.130. The molecule has 4 aromatic rings. The van der Waals surface area contributed by atoms with Crippen molar-refractivity contribution in [1.29, 1.82) is 0 Å². The number of amides is 1. The van der Waals surface area contributed by atoms with Gasteiger partial charge in [0.15, 0.2) is 10.3 Å². The van der Waals surface area contributed by atoms with Crippen LogP contribution in [0.5, 0.6) is 0 Å². The second-order valence-corrected chi connectivity index (χ2v) is 8.27. The number of hydrogen-bond donors (Lipinski definition) is 1. The van der Waals surface area contributed by atoms with Crippen molar-refractivity contribution >= 4 is 45.9 Å². The first-order chi connectivity index (χ1) is 15.0. The standard InChI is InChI=1S/C23H19ClN4O2S/c1-15-8-10-16(11-9-15)13-28-22(30)17-5-2-3-6-18(17)27-23(28)31-14-20(29)26-19-7-4-12-25-21(19)24/h2-12H,13-14H2,1H3,(H,26,29). The second-order valence-electron chi connectivity index (χ2n) is 6.97. The molecule has 0 fully saturated rings. The third-order valence-corrected chi connectivity index (χ3v) is 5.93. The molecule has 4 rings (SSSR count). The summed E-state index contributed by atoms with van der Waals surface area (Å²) in [6, 6.07) is 18.6. The average Bonchev–Trinajstić information content (AvgIpc) is 2.77. The SMILES string of the molecule is Cc1ccc(Cn2c(SCC(=O)Nc3cccnc3Cl)nc3ccccc3c2=O)cc1. The van der Waals surface area contributed by atoms with Gasteiger partial charge >= 0.3 is 0 Å². The van der Waals surface area contributed by atoms with Crippen LogP contribution in [0.4, 0.5) is 5.69 Å². The van der Waals surface area contributed by atoms with E-state index in [4.69, 9.17) is 11.6 Å². The highest BCUT2D eigenvalue weighted by Crippen LogP contribution is 2.21. The Morgan fingerprint density at radius 3 is 2.65 bits per heavy atom. The Bertz CT molecular complexity index is 1310. The maximum absolute atomic E-state index is 13.2. The van der Waals surface area contributed by atoms with Crippen LogP contribution in [0.3, 0.4) is 0 Å². The van der Waals surface area contributed by atoms with Crippen LogP contribution in [0.1, 0.15) is 11.1 Å². The molecular weight excluding hydrogens is 432 g/mol. The number of carbonyl (C=O) groups excluding carboxylic acids is 1. The molecule has 0 bridgehead atoms. The lowest BCUT2D eigenvalue weighted by Crippen LogP contribution is -2.25. The molecule has 0 spiro atoms. The van der Waals surface area contributed by atoms with Crippen LogP contribution in [0.2, 0.25) is 5.15 Å². The molecule has 31 heavy (non-hydrogen) atoms. The number of hydrogen-bond acceptors (Lipinski definition) is 5. The minimum Gasteiger partial charge on any atom is -0.323 e. The molecule has 0 radical (unpaired) electrons. The Morgan fingerprint density at radius 2 is 1.87 bits per heavy atom. The quantitative estimate of drug-likeness (QED) is 0.265.